The Labute approximate surface area is 167 Å². The largest absolute Gasteiger partial charge is 0.489 e. The first-order valence-electron chi connectivity index (χ1n) is 9.56. The van der Waals surface area contributed by atoms with Gasteiger partial charge >= 0.3 is 0 Å². The summed E-state index contributed by atoms with van der Waals surface area (Å²) in [7, 11) is 0. The molecule has 154 valence electrons. The second-order valence-electron chi connectivity index (χ2n) is 6.98. The SMILES string of the molecule is NC(=O)c1cnc(Nc2ccc3c(c2)NC[C@H](OCCO)CO3)nc1NC1CC1. The summed E-state index contributed by atoms with van der Waals surface area (Å²) < 4.78 is 11.3. The number of nitrogens with one attached hydrogen (secondary N) is 3. The van der Waals surface area contributed by atoms with Gasteiger partial charge in [0.2, 0.25) is 5.95 Å². The van der Waals surface area contributed by atoms with Crippen LogP contribution < -0.4 is 26.4 Å². The van der Waals surface area contributed by atoms with Crippen LogP contribution in [0.2, 0.25) is 0 Å². The van der Waals surface area contributed by atoms with E-state index in [-0.39, 0.29) is 24.9 Å². The summed E-state index contributed by atoms with van der Waals surface area (Å²) in [6.07, 6.45) is 3.37. The minimum absolute atomic E-state index is 0.0242. The van der Waals surface area contributed by atoms with Crippen LogP contribution in [-0.2, 0) is 4.74 Å². The van der Waals surface area contributed by atoms with Crippen molar-refractivity contribution >= 4 is 29.0 Å². The second kappa shape index (κ2) is 8.50. The number of nitrogens with two attached hydrogens (primary N) is 1. The molecule has 2 aliphatic rings. The van der Waals surface area contributed by atoms with E-state index in [0.29, 0.717) is 36.7 Å². The number of hydrogen-bond acceptors (Lipinski definition) is 9. The third-order valence-corrected chi connectivity index (χ3v) is 4.60. The van der Waals surface area contributed by atoms with Crippen molar-refractivity contribution in [3.8, 4) is 5.75 Å². The summed E-state index contributed by atoms with van der Waals surface area (Å²) in [4.78, 5) is 20.2. The molecule has 29 heavy (non-hydrogen) atoms. The van der Waals surface area contributed by atoms with Crippen LogP contribution in [0.3, 0.4) is 0 Å². The van der Waals surface area contributed by atoms with Gasteiger partial charge in [0.15, 0.2) is 0 Å². The Bertz CT molecular complexity index is 889. The van der Waals surface area contributed by atoms with Crippen molar-refractivity contribution in [1.82, 2.24) is 9.97 Å². The summed E-state index contributed by atoms with van der Waals surface area (Å²) >= 11 is 0. The number of carbonyl (C=O) groups excluding carboxylic acids is 1. The molecule has 1 aromatic carbocycles. The summed E-state index contributed by atoms with van der Waals surface area (Å²) in [5, 5.41) is 18.6. The molecule has 0 spiro atoms. The van der Waals surface area contributed by atoms with Gasteiger partial charge in [-0.3, -0.25) is 4.79 Å². The third-order valence-electron chi connectivity index (χ3n) is 4.60. The van der Waals surface area contributed by atoms with Crippen molar-refractivity contribution in [1.29, 1.82) is 0 Å². The van der Waals surface area contributed by atoms with E-state index in [9.17, 15) is 4.79 Å². The molecule has 0 bridgehead atoms. The predicted molar refractivity (Wildman–Crippen MR) is 108 cm³/mol. The molecule has 4 rings (SSSR count). The van der Waals surface area contributed by atoms with Gasteiger partial charge in [-0.1, -0.05) is 0 Å². The number of aromatic nitrogens is 2. The zero-order chi connectivity index (χ0) is 20.2. The monoisotopic (exact) mass is 400 g/mol. The molecule has 0 radical (unpaired) electrons. The first kappa shape index (κ1) is 19.2. The quantitative estimate of drug-likeness (QED) is 0.439. The number of fused-ring (bicyclic) bond motifs is 1. The van der Waals surface area contributed by atoms with Crippen molar-refractivity contribution in [2.75, 3.05) is 42.3 Å². The second-order valence-corrected chi connectivity index (χ2v) is 6.98. The van der Waals surface area contributed by atoms with Crippen LogP contribution >= 0.6 is 0 Å². The predicted octanol–water partition coefficient (Wildman–Crippen LogP) is 1.08. The zero-order valence-corrected chi connectivity index (χ0v) is 15.9. The Morgan fingerprint density at radius 1 is 1.41 bits per heavy atom. The maximum Gasteiger partial charge on any atom is 0.254 e. The number of benzene rings is 1. The molecule has 10 heteroatoms. The maximum absolute atomic E-state index is 11.6. The standard InChI is InChI=1S/C19H24N6O4/c20-17(27)14-9-22-19(25-18(14)23-11-1-2-11)24-12-3-4-16-15(7-12)21-8-13(10-29-16)28-6-5-26/h3-4,7,9,11,13,21,26H,1-2,5-6,8,10H2,(H2,20,27)(H2,22,23,24,25)/t13-/m0/s1. The highest BCUT2D eigenvalue weighted by molar-refractivity contribution is 5.97. The first-order valence-corrected chi connectivity index (χ1v) is 9.56. The van der Waals surface area contributed by atoms with Crippen LogP contribution in [0.5, 0.6) is 5.75 Å². The van der Waals surface area contributed by atoms with Crippen molar-refractivity contribution in [2.45, 2.75) is 25.0 Å². The molecule has 6 N–H and O–H groups in total. The lowest BCUT2D eigenvalue weighted by atomic mass is 10.2. The number of carbonyl (C=O) groups is 1. The van der Waals surface area contributed by atoms with Gasteiger partial charge in [0, 0.05) is 24.5 Å². The maximum atomic E-state index is 11.6. The first-order chi connectivity index (χ1) is 14.1. The molecular formula is C19H24N6O4. The number of anilines is 4. The van der Waals surface area contributed by atoms with E-state index >= 15 is 0 Å². The van der Waals surface area contributed by atoms with Crippen molar-refractivity contribution < 1.29 is 19.4 Å². The highest BCUT2D eigenvalue weighted by Gasteiger charge is 2.24. The Balaban J connectivity index is 1.48. The van der Waals surface area contributed by atoms with Gasteiger partial charge in [-0.05, 0) is 31.0 Å². The number of rotatable bonds is 8. The van der Waals surface area contributed by atoms with Gasteiger partial charge in [-0.2, -0.15) is 4.98 Å². The lowest BCUT2D eigenvalue weighted by Gasteiger charge is -2.14. The summed E-state index contributed by atoms with van der Waals surface area (Å²) in [6.45, 7) is 1.22. The lowest BCUT2D eigenvalue weighted by molar-refractivity contribution is 0.0124. The fraction of sp³-hybridized carbons (Fsp3) is 0.421. The third kappa shape index (κ3) is 4.84. The number of nitrogens with zero attached hydrogens (tertiary/aromatic N) is 2. The summed E-state index contributed by atoms with van der Waals surface area (Å²) in [6, 6.07) is 5.92. The number of aliphatic hydroxyl groups is 1. The minimum Gasteiger partial charge on any atom is -0.489 e. The highest BCUT2D eigenvalue weighted by Crippen LogP contribution is 2.31. The Morgan fingerprint density at radius 2 is 2.28 bits per heavy atom. The van der Waals surface area contributed by atoms with Crippen molar-refractivity contribution in [2.24, 2.45) is 5.73 Å². The van der Waals surface area contributed by atoms with E-state index in [1.807, 2.05) is 18.2 Å². The molecule has 0 saturated heterocycles. The molecule has 1 fully saturated rings. The number of hydrogen-bond donors (Lipinski definition) is 5. The van der Waals surface area contributed by atoms with Crippen LogP contribution in [0.1, 0.15) is 23.2 Å². The molecule has 1 aliphatic heterocycles. The zero-order valence-electron chi connectivity index (χ0n) is 15.9. The number of amides is 1. The molecule has 1 atom stereocenters. The van der Waals surface area contributed by atoms with Gasteiger partial charge in [-0.25, -0.2) is 4.98 Å². The smallest absolute Gasteiger partial charge is 0.254 e. The van der Waals surface area contributed by atoms with E-state index in [2.05, 4.69) is 25.9 Å². The normalized spacial score (nSPS) is 18.0. The Kier molecular flexibility index (Phi) is 5.63. The summed E-state index contributed by atoms with van der Waals surface area (Å²) in [5.41, 5.74) is 7.27. The van der Waals surface area contributed by atoms with Crippen LogP contribution in [0.4, 0.5) is 23.1 Å². The molecule has 2 heterocycles. The fourth-order valence-corrected chi connectivity index (χ4v) is 2.95. The topological polar surface area (TPSA) is 144 Å². The van der Waals surface area contributed by atoms with Gasteiger partial charge in [-0.15, -0.1) is 0 Å². The van der Waals surface area contributed by atoms with E-state index in [1.165, 1.54) is 6.20 Å². The van der Waals surface area contributed by atoms with Gasteiger partial charge in [0.1, 0.15) is 24.3 Å². The van der Waals surface area contributed by atoms with E-state index < -0.39 is 5.91 Å². The average molecular weight is 400 g/mol. The van der Waals surface area contributed by atoms with E-state index in [0.717, 1.165) is 24.2 Å². The Hall–Kier alpha value is -3.11. The molecule has 10 nitrogen and oxygen atoms in total. The average Bonchev–Trinajstić information content (AvgIpc) is 3.53. The van der Waals surface area contributed by atoms with Crippen LogP contribution in [0, 0.1) is 0 Å². The van der Waals surface area contributed by atoms with Crippen LogP contribution in [0.15, 0.2) is 24.4 Å². The minimum atomic E-state index is -0.566. The lowest BCUT2D eigenvalue weighted by Crippen LogP contribution is -2.28. The molecule has 1 aromatic heterocycles. The van der Waals surface area contributed by atoms with Crippen molar-refractivity contribution in [3.05, 3.63) is 30.0 Å². The molecular weight excluding hydrogens is 376 g/mol. The molecule has 1 aliphatic carbocycles. The number of ether oxygens (including phenoxy) is 2. The molecule has 1 amide bonds. The van der Waals surface area contributed by atoms with Crippen LogP contribution in [0.25, 0.3) is 0 Å². The van der Waals surface area contributed by atoms with E-state index in [4.69, 9.17) is 20.3 Å². The van der Waals surface area contributed by atoms with E-state index in [1.54, 1.807) is 0 Å². The molecule has 2 aromatic rings. The van der Waals surface area contributed by atoms with Crippen molar-refractivity contribution in [3.63, 3.8) is 0 Å². The molecule has 0 unspecified atom stereocenters. The summed E-state index contributed by atoms with van der Waals surface area (Å²) in [5.74, 6) is 0.949. The van der Waals surface area contributed by atoms with Crippen LogP contribution in [-0.4, -0.2) is 59.5 Å². The highest BCUT2D eigenvalue weighted by atomic mass is 16.5. The van der Waals surface area contributed by atoms with Gasteiger partial charge in [0.05, 0.1) is 24.5 Å². The Morgan fingerprint density at radius 3 is 3.03 bits per heavy atom. The number of primary amides is 1. The number of aliphatic hydroxyl groups excluding tert-OH is 1. The molecule has 1 saturated carbocycles. The van der Waals surface area contributed by atoms with Gasteiger partial charge < -0.3 is 36.3 Å². The fourth-order valence-electron chi connectivity index (χ4n) is 2.95. The van der Waals surface area contributed by atoms with Gasteiger partial charge in [0.25, 0.3) is 5.91 Å².